The fourth-order valence-corrected chi connectivity index (χ4v) is 5.41. The maximum absolute atomic E-state index is 12.9. The van der Waals surface area contributed by atoms with Gasteiger partial charge in [0, 0.05) is 43.2 Å². The maximum atomic E-state index is 12.9. The second-order valence-electron chi connectivity index (χ2n) is 7.47. The molecule has 3 aromatic rings. The van der Waals surface area contributed by atoms with Gasteiger partial charge in [-0.3, -0.25) is 4.79 Å². The molecule has 0 aliphatic carbocycles. The number of carbonyl (C=O) groups is 1. The van der Waals surface area contributed by atoms with Crippen molar-refractivity contribution in [2.24, 2.45) is 0 Å². The second kappa shape index (κ2) is 10.0. The van der Waals surface area contributed by atoms with Crippen molar-refractivity contribution in [3.05, 3.63) is 52.8 Å². The number of hydrogen-bond acceptors (Lipinski definition) is 4. The van der Waals surface area contributed by atoms with E-state index in [4.69, 9.17) is 11.6 Å². The molecule has 0 atom stereocenters. The minimum atomic E-state index is -3.56. The van der Waals surface area contributed by atoms with Crippen molar-refractivity contribution in [3.63, 3.8) is 0 Å². The molecule has 0 fully saturated rings. The zero-order valence-electron chi connectivity index (χ0n) is 18.9. The number of imidazole rings is 1. The van der Waals surface area contributed by atoms with E-state index < -0.39 is 10.0 Å². The Hall–Kier alpha value is -2.42. The Kier molecular flexibility index (Phi) is 7.59. The van der Waals surface area contributed by atoms with Gasteiger partial charge in [0.15, 0.2) is 0 Å². The molecule has 1 heterocycles. The highest BCUT2D eigenvalue weighted by molar-refractivity contribution is 7.89. The van der Waals surface area contributed by atoms with Gasteiger partial charge in [-0.15, -0.1) is 0 Å². The summed E-state index contributed by atoms with van der Waals surface area (Å²) in [5.41, 5.74) is 2.98. The van der Waals surface area contributed by atoms with Crippen LogP contribution in [0.15, 0.2) is 41.3 Å². The number of sulfonamides is 1. The molecule has 7 nitrogen and oxygen atoms in total. The van der Waals surface area contributed by atoms with Gasteiger partial charge in [-0.1, -0.05) is 31.5 Å². The highest BCUT2D eigenvalue weighted by atomic mass is 35.5. The number of aryl methyl sites for hydroxylation is 2. The Labute approximate surface area is 194 Å². The smallest absolute Gasteiger partial charge is 0.243 e. The Balaban J connectivity index is 1.82. The average Bonchev–Trinajstić information content (AvgIpc) is 3.13. The summed E-state index contributed by atoms with van der Waals surface area (Å²) in [5, 5.41) is 3.50. The van der Waals surface area contributed by atoms with Crippen LogP contribution in [0.1, 0.15) is 38.6 Å². The molecule has 32 heavy (non-hydrogen) atoms. The number of anilines is 1. The lowest BCUT2D eigenvalue weighted by atomic mass is 10.2. The van der Waals surface area contributed by atoms with Crippen molar-refractivity contribution >= 4 is 44.3 Å². The van der Waals surface area contributed by atoms with Crippen LogP contribution in [-0.2, 0) is 27.8 Å². The lowest BCUT2D eigenvalue weighted by Crippen LogP contribution is -2.30. The predicted octanol–water partition coefficient (Wildman–Crippen LogP) is 4.62. The molecule has 0 radical (unpaired) electrons. The molecule has 0 aliphatic heterocycles. The van der Waals surface area contributed by atoms with Gasteiger partial charge in [0.05, 0.1) is 15.9 Å². The average molecular weight is 477 g/mol. The molecular weight excluding hydrogens is 448 g/mol. The van der Waals surface area contributed by atoms with E-state index >= 15 is 0 Å². The van der Waals surface area contributed by atoms with E-state index in [-0.39, 0.29) is 17.2 Å². The van der Waals surface area contributed by atoms with Crippen LogP contribution in [-0.4, -0.2) is 41.3 Å². The molecular formula is C23H29ClN4O3S. The van der Waals surface area contributed by atoms with Crippen molar-refractivity contribution in [2.45, 2.75) is 52.0 Å². The van der Waals surface area contributed by atoms with E-state index in [0.29, 0.717) is 42.3 Å². The van der Waals surface area contributed by atoms with Gasteiger partial charge < -0.3 is 9.88 Å². The summed E-state index contributed by atoms with van der Waals surface area (Å²) in [6.07, 6.45) is 0.686. The monoisotopic (exact) mass is 476 g/mol. The van der Waals surface area contributed by atoms with Crippen LogP contribution in [0, 0.1) is 6.92 Å². The van der Waals surface area contributed by atoms with Gasteiger partial charge in [-0.2, -0.15) is 4.31 Å². The number of nitrogens with one attached hydrogen (secondary N) is 1. The van der Waals surface area contributed by atoms with Crippen LogP contribution in [0.3, 0.4) is 0 Å². The van der Waals surface area contributed by atoms with Crippen molar-refractivity contribution in [1.29, 1.82) is 0 Å². The van der Waals surface area contributed by atoms with Crippen molar-refractivity contribution in [3.8, 4) is 0 Å². The largest absolute Gasteiger partial charge is 0.328 e. The van der Waals surface area contributed by atoms with Gasteiger partial charge >= 0.3 is 0 Å². The van der Waals surface area contributed by atoms with Gasteiger partial charge in [-0.05, 0) is 49.7 Å². The molecule has 9 heteroatoms. The minimum absolute atomic E-state index is 0.130. The summed E-state index contributed by atoms with van der Waals surface area (Å²) in [5.74, 6) is 0.618. The fourth-order valence-electron chi connectivity index (χ4n) is 3.76. The first-order valence-corrected chi connectivity index (χ1v) is 12.6. The Morgan fingerprint density at radius 2 is 1.88 bits per heavy atom. The lowest BCUT2D eigenvalue weighted by Gasteiger charge is -2.18. The SMILES string of the molecule is CCN(CC)S(=O)(=O)c1ccc2c(c1)nc(CCC(=O)Nc1cccc(Cl)c1C)n2CC. The first kappa shape index (κ1) is 24.2. The lowest BCUT2D eigenvalue weighted by molar-refractivity contribution is -0.116. The highest BCUT2D eigenvalue weighted by Crippen LogP contribution is 2.25. The standard InChI is InChI=1S/C23H29ClN4O3S/c1-5-27(6-2)32(30,31)17-11-12-21-20(15-17)25-22(28(21)7-3)13-14-23(29)26-19-10-8-9-18(24)16(19)4/h8-12,15H,5-7,13-14H2,1-4H3,(H,26,29). The second-order valence-corrected chi connectivity index (χ2v) is 9.82. The molecule has 0 unspecified atom stereocenters. The third-order valence-corrected chi connectivity index (χ3v) is 8.03. The van der Waals surface area contributed by atoms with Crippen molar-refractivity contribution in [2.75, 3.05) is 18.4 Å². The normalized spacial score (nSPS) is 11.9. The van der Waals surface area contributed by atoms with Crippen LogP contribution in [0.5, 0.6) is 0 Å². The summed E-state index contributed by atoms with van der Waals surface area (Å²) in [7, 11) is -3.56. The van der Waals surface area contributed by atoms with E-state index in [1.54, 1.807) is 30.3 Å². The molecule has 3 rings (SSSR count). The van der Waals surface area contributed by atoms with Gasteiger partial charge in [0.25, 0.3) is 0 Å². The number of nitrogens with zero attached hydrogens (tertiary/aromatic N) is 3. The summed E-state index contributed by atoms with van der Waals surface area (Å²) < 4.78 is 29.2. The van der Waals surface area contributed by atoms with Crippen LogP contribution in [0.2, 0.25) is 5.02 Å². The molecule has 0 spiro atoms. The van der Waals surface area contributed by atoms with Gasteiger partial charge in [0.2, 0.25) is 15.9 Å². The van der Waals surface area contributed by atoms with E-state index in [1.807, 2.05) is 38.3 Å². The first-order chi connectivity index (χ1) is 15.2. The maximum Gasteiger partial charge on any atom is 0.243 e. The third kappa shape index (κ3) is 4.82. The topological polar surface area (TPSA) is 84.3 Å². The number of amides is 1. The molecule has 2 aromatic carbocycles. The number of benzene rings is 2. The first-order valence-electron chi connectivity index (χ1n) is 10.8. The summed E-state index contributed by atoms with van der Waals surface area (Å²) in [4.78, 5) is 17.4. The molecule has 0 bridgehead atoms. The van der Waals surface area contributed by atoms with E-state index in [0.717, 1.165) is 16.9 Å². The molecule has 172 valence electrons. The van der Waals surface area contributed by atoms with Crippen molar-refractivity contribution < 1.29 is 13.2 Å². The van der Waals surface area contributed by atoms with Crippen LogP contribution in [0.25, 0.3) is 11.0 Å². The highest BCUT2D eigenvalue weighted by Gasteiger charge is 2.23. The number of carbonyl (C=O) groups excluding carboxylic acids is 1. The zero-order valence-corrected chi connectivity index (χ0v) is 20.4. The van der Waals surface area contributed by atoms with Gasteiger partial charge in [0.1, 0.15) is 5.82 Å². The minimum Gasteiger partial charge on any atom is -0.328 e. The quantitative estimate of drug-likeness (QED) is 0.488. The van der Waals surface area contributed by atoms with Crippen molar-refractivity contribution in [1.82, 2.24) is 13.9 Å². The third-order valence-electron chi connectivity index (χ3n) is 5.58. The molecule has 1 amide bonds. The Morgan fingerprint density at radius 3 is 2.53 bits per heavy atom. The van der Waals surface area contributed by atoms with Gasteiger partial charge in [-0.25, -0.2) is 13.4 Å². The number of rotatable bonds is 9. The Bertz CT molecular complexity index is 1230. The van der Waals surface area contributed by atoms with E-state index in [9.17, 15) is 13.2 Å². The van der Waals surface area contributed by atoms with Crippen LogP contribution in [0.4, 0.5) is 5.69 Å². The molecule has 0 saturated carbocycles. The fraction of sp³-hybridized carbons (Fsp3) is 0.391. The van der Waals surface area contributed by atoms with E-state index in [1.165, 1.54) is 4.31 Å². The number of halogens is 1. The number of fused-ring (bicyclic) bond motifs is 1. The zero-order chi connectivity index (χ0) is 23.5. The molecule has 0 saturated heterocycles. The Morgan fingerprint density at radius 1 is 1.16 bits per heavy atom. The molecule has 1 aromatic heterocycles. The van der Waals surface area contributed by atoms with E-state index in [2.05, 4.69) is 10.3 Å². The summed E-state index contributed by atoms with van der Waals surface area (Å²) >= 11 is 6.13. The molecule has 0 aliphatic rings. The summed E-state index contributed by atoms with van der Waals surface area (Å²) in [6, 6.07) is 10.4. The number of hydrogen-bond donors (Lipinski definition) is 1. The molecule has 1 N–H and O–H groups in total. The number of aromatic nitrogens is 2. The van der Waals surface area contributed by atoms with Crippen LogP contribution < -0.4 is 5.32 Å². The van der Waals surface area contributed by atoms with Crippen LogP contribution >= 0.6 is 11.6 Å². The summed E-state index contributed by atoms with van der Waals surface area (Å²) in [6.45, 7) is 8.99. The predicted molar refractivity (Wildman–Crippen MR) is 129 cm³/mol.